The molecular weight excluding hydrogens is 2240 g/mol. The number of aromatic nitrogens is 3. The van der Waals surface area contributed by atoms with Crippen LogP contribution in [0.2, 0.25) is 0 Å². The number of fused-ring (bicyclic) bond motifs is 3. The molecule has 0 amide bonds. The van der Waals surface area contributed by atoms with E-state index < -0.39 is 0 Å². The molecule has 3 radical (unpaired) electrons. The maximum atomic E-state index is 11.7. The van der Waals surface area contributed by atoms with Gasteiger partial charge in [-0.3, -0.25) is 14.4 Å². The number of allylic oxidation sites excluding steroid dienone is 6. The van der Waals surface area contributed by atoms with E-state index >= 15 is 0 Å². The number of aliphatic hydroxyl groups is 3. The number of nitrogens with zero attached hydrogens (tertiary/aromatic N) is 3. The number of hydrogen-bond donors (Lipinski definition) is 3. The van der Waals surface area contributed by atoms with Gasteiger partial charge in [-0.25, -0.2) is 0 Å². The van der Waals surface area contributed by atoms with Crippen molar-refractivity contribution in [1.29, 1.82) is 0 Å². The van der Waals surface area contributed by atoms with Gasteiger partial charge in [0.15, 0.2) is 17.3 Å². The summed E-state index contributed by atoms with van der Waals surface area (Å²) in [4.78, 5) is 53.2. The Morgan fingerprint density at radius 1 is 0.336 bits per heavy atom. The zero-order valence-corrected chi connectivity index (χ0v) is 95.9. The average Bonchev–Trinajstić information content (AvgIpc) is 1.59. The molecular formula is C119H154Ir3N3O6S3-3. The minimum atomic E-state index is 0. The molecule has 6 aromatic carbocycles. The maximum absolute atomic E-state index is 11.7. The van der Waals surface area contributed by atoms with E-state index in [-0.39, 0.29) is 147 Å². The molecule has 134 heavy (non-hydrogen) atoms. The molecule has 0 saturated heterocycles. The fourth-order valence-electron chi connectivity index (χ4n) is 16.6. The van der Waals surface area contributed by atoms with Gasteiger partial charge in [-0.15, -0.1) is 139 Å². The van der Waals surface area contributed by atoms with Crippen molar-refractivity contribution in [2.24, 2.45) is 35.5 Å². The fourth-order valence-corrected chi connectivity index (χ4v) is 19.8. The molecule has 0 aliphatic carbocycles. The second-order valence-electron chi connectivity index (χ2n) is 39.2. The van der Waals surface area contributed by atoms with E-state index in [9.17, 15) is 29.7 Å². The molecule has 729 valence electrons. The van der Waals surface area contributed by atoms with Crippen molar-refractivity contribution in [1.82, 2.24) is 15.0 Å². The fraction of sp³-hybridized carbons (Fsp3) is 0.445. The SMILES string of the molecule is CCC(CC)C(=O)C=C(O)C(CC)CC.CCC(CC)C(=O)C=C(O)C(CC)CC.CCC(CC)C(=O)C=C(O)C(CC)CC.Cc1[c-]c(-c2cc3cc(-c4c(C)cc(C(C)(C)C)cc4C)sc3cn2)cc(C)c1.Cc1[c-]c(-c2cc3cc(-c4cc(C(C)(C)C)cc(C(C)(C)C)c4)sc3cn2)cc(C)c1.Cc1[c-]c(-c2cc3cc(-c4ccc(C(C)C)cc4)sc3cn2)cc(C)c1.[Ir].[Ir].[Ir]. The summed E-state index contributed by atoms with van der Waals surface area (Å²) in [5.74, 6) is 2.20. The van der Waals surface area contributed by atoms with Gasteiger partial charge in [0.25, 0.3) is 0 Å². The number of carbonyl (C=O) groups excluding carboxylic acids is 3. The minimum Gasteiger partial charge on any atom is -0.512 e. The smallest absolute Gasteiger partial charge is 0.162 e. The summed E-state index contributed by atoms with van der Waals surface area (Å²) in [7, 11) is 0. The first-order valence-electron chi connectivity index (χ1n) is 48.2. The number of benzene rings is 6. The number of pyridine rings is 3. The Kier molecular flexibility index (Phi) is 48.8. The summed E-state index contributed by atoms with van der Waals surface area (Å²) >= 11 is 5.46. The summed E-state index contributed by atoms with van der Waals surface area (Å²) in [5, 5.41) is 33.0. The van der Waals surface area contributed by atoms with Gasteiger partial charge in [-0.1, -0.05) is 261 Å². The molecule has 0 atom stereocenters. The molecule has 0 spiro atoms. The molecule has 6 aromatic heterocycles. The normalized spacial score (nSPS) is 11.9. The zero-order chi connectivity index (χ0) is 97.3. The van der Waals surface area contributed by atoms with E-state index in [1.54, 1.807) is 11.3 Å². The van der Waals surface area contributed by atoms with Gasteiger partial charge in [0.2, 0.25) is 0 Å². The molecule has 0 aliphatic rings. The first-order chi connectivity index (χ1) is 61.8. The van der Waals surface area contributed by atoms with E-state index in [0.29, 0.717) is 5.92 Å². The van der Waals surface area contributed by atoms with E-state index in [4.69, 9.17) is 9.97 Å². The second kappa shape index (κ2) is 55.1. The summed E-state index contributed by atoms with van der Waals surface area (Å²) in [5.41, 5.74) is 25.9. The Bertz CT molecular complexity index is 5640. The maximum Gasteiger partial charge on any atom is 0.162 e. The van der Waals surface area contributed by atoms with Crippen molar-refractivity contribution in [2.75, 3.05) is 0 Å². The largest absolute Gasteiger partial charge is 0.512 e. The average molecular weight is 2400 g/mol. The molecule has 15 heteroatoms. The summed E-state index contributed by atoms with van der Waals surface area (Å²) in [6.45, 7) is 66.3. The number of aliphatic hydroxyl groups excluding tert-OH is 3. The third kappa shape index (κ3) is 34.1. The monoisotopic (exact) mass is 2400 g/mol. The second-order valence-corrected chi connectivity index (χ2v) is 42.5. The van der Waals surface area contributed by atoms with Crippen LogP contribution >= 0.6 is 34.0 Å². The molecule has 3 N–H and O–H groups in total. The Morgan fingerprint density at radius 2 is 0.597 bits per heavy atom. The van der Waals surface area contributed by atoms with Crippen LogP contribution in [0.15, 0.2) is 181 Å². The van der Waals surface area contributed by atoms with Crippen LogP contribution in [0.1, 0.15) is 309 Å². The van der Waals surface area contributed by atoms with Crippen LogP contribution in [0.25, 0.3) is 95.4 Å². The Morgan fingerprint density at radius 3 is 0.858 bits per heavy atom. The molecule has 0 bridgehead atoms. The standard InChI is InChI=1S/C29H32NS.C27H28NS.C24H22NS.3C13H24O2.3Ir/c1-18-9-19(2)11-20(10-18)25-14-22-15-26(31-27(22)17-30-25)21-12-23(28(3,4)5)16-24(13-21)29(6,7)8;1-16-8-17(2)10-20(9-16)23-13-21-14-24(29-25(21)15-28-23)26-18(3)11-22(12-19(26)4)27(5,6)7;1-15(2)18-5-7-19(8-6-18)23-13-21-12-22(25-14-24(21)26-23)20-10-16(3)9-17(4)11-20;3*1-5-10(6-2)12(14)9-13(15)11(7-3)8-4;;;/h9-10,12-17H,1-8H3;8-9,11-15H,1-7H3;5-10,12-15H,1-4H3;3*9-11,14H,5-8H2,1-4H3;;;/q3*-1;;;;;;. The van der Waals surface area contributed by atoms with Crippen LogP contribution in [0.4, 0.5) is 0 Å². The first kappa shape index (κ1) is 119. The van der Waals surface area contributed by atoms with Gasteiger partial charge in [-0.05, 0) is 227 Å². The molecule has 0 saturated carbocycles. The molecule has 0 fully saturated rings. The van der Waals surface area contributed by atoms with Gasteiger partial charge in [0.1, 0.15) is 0 Å². The van der Waals surface area contributed by atoms with Gasteiger partial charge in [-0.2, -0.15) is 0 Å². The van der Waals surface area contributed by atoms with Crippen LogP contribution in [0.3, 0.4) is 0 Å². The minimum absolute atomic E-state index is 0. The van der Waals surface area contributed by atoms with Crippen LogP contribution < -0.4 is 0 Å². The Labute approximate surface area is 859 Å². The van der Waals surface area contributed by atoms with E-state index in [1.165, 1.54) is 130 Å². The molecule has 0 aliphatic heterocycles. The van der Waals surface area contributed by atoms with Crippen molar-refractivity contribution < 1.29 is 90.0 Å². The van der Waals surface area contributed by atoms with Crippen LogP contribution in [-0.2, 0) is 90.9 Å². The third-order valence-electron chi connectivity index (χ3n) is 25.2. The third-order valence-corrected chi connectivity index (χ3v) is 28.6. The quantitative estimate of drug-likeness (QED) is 0.0247. The van der Waals surface area contributed by atoms with Gasteiger partial charge in [0.05, 0.1) is 31.4 Å². The molecule has 12 rings (SSSR count). The molecule has 9 nitrogen and oxygen atoms in total. The van der Waals surface area contributed by atoms with Crippen LogP contribution in [-0.4, -0.2) is 47.6 Å². The van der Waals surface area contributed by atoms with Crippen molar-refractivity contribution >= 4 is 81.6 Å². The number of thiophene rings is 3. The van der Waals surface area contributed by atoms with E-state index in [0.717, 1.165) is 128 Å². The first-order valence-corrected chi connectivity index (χ1v) is 50.7. The van der Waals surface area contributed by atoms with Gasteiger partial charge >= 0.3 is 0 Å². The van der Waals surface area contributed by atoms with Crippen molar-refractivity contribution in [2.45, 2.75) is 314 Å². The number of carbonyl (C=O) groups is 3. The zero-order valence-electron chi connectivity index (χ0n) is 86.2. The van der Waals surface area contributed by atoms with Crippen molar-refractivity contribution in [3.8, 4) is 65.1 Å². The molecule has 0 unspecified atom stereocenters. The number of ketones is 3. The number of rotatable bonds is 28. The molecule has 6 heterocycles. The summed E-state index contributed by atoms with van der Waals surface area (Å²) in [6.07, 6.45) is 20.7. The molecule has 12 aromatic rings. The van der Waals surface area contributed by atoms with Crippen molar-refractivity contribution in [3.05, 3.63) is 266 Å². The van der Waals surface area contributed by atoms with Crippen LogP contribution in [0.5, 0.6) is 0 Å². The number of hydrogen-bond acceptors (Lipinski definition) is 12. The number of aryl methyl sites for hydroxylation is 8. The van der Waals surface area contributed by atoms with E-state index in [2.05, 4.69) is 282 Å². The summed E-state index contributed by atoms with van der Waals surface area (Å²) < 4.78 is 3.68. The predicted molar refractivity (Wildman–Crippen MR) is 568 cm³/mol. The van der Waals surface area contributed by atoms with Gasteiger partial charge in [0, 0.05) is 147 Å². The topological polar surface area (TPSA) is 151 Å². The Balaban J connectivity index is 0.000000344. The Hall–Kier alpha value is -7.77. The predicted octanol–water partition coefficient (Wildman–Crippen LogP) is 35.4. The van der Waals surface area contributed by atoms with Crippen LogP contribution in [0, 0.1) is 109 Å². The van der Waals surface area contributed by atoms with E-state index in [1.807, 2.05) is 124 Å². The van der Waals surface area contributed by atoms with Crippen molar-refractivity contribution in [3.63, 3.8) is 0 Å². The van der Waals surface area contributed by atoms with Gasteiger partial charge < -0.3 is 30.3 Å². The summed E-state index contributed by atoms with van der Waals surface area (Å²) in [6, 6.07) is 57.5.